The topological polar surface area (TPSA) is 38.3 Å². The van der Waals surface area contributed by atoms with Gasteiger partial charge in [0, 0.05) is 12.0 Å². The van der Waals surface area contributed by atoms with Crippen molar-refractivity contribution in [3.05, 3.63) is 0 Å². The Balaban J connectivity index is 1.98. The Kier molecular flexibility index (Phi) is 1.65. The molecule has 1 heterocycles. The molecule has 1 aliphatic heterocycles. The van der Waals surface area contributed by atoms with Crippen molar-refractivity contribution >= 4 is 5.97 Å². The van der Waals surface area contributed by atoms with Crippen molar-refractivity contribution in [2.24, 2.45) is 11.3 Å². The van der Waals surface area contributed by atoms with Crippen LogP contribution in [0.2, 0.25) is 0 Å². The summed E-state index contributed by atoms with van der Waals surface area (Å²) in [5.41, 5.74) is 0.270. The Morgan fingerprint density at radius 2 is 2.25 bits per heavy atom. The van der Waals surface area contributed by atoms with E-state index in [0.29, 0.717) is 0 Å². The molecule has 12 heavy (non-hydrogen) atoms. The lowest BCUT2D eigenvalue weighted by atomic mass is 9.55. The minimum Gasteiger partial charge on any atom is -0.468 e. The predicted octanol–water partition coefficient (Wildman–Crippen LogP) is 0.547. The van der Waals surface area contributed by atoms with Crippen LogP contribution in [0.15, 0.2) is 0 Å². The molecule has 0 aromatic heterocycles. The zero-order valence-electron chi connectivity index (χ0n) is 7.59. The van der Waals surface area contributed by atoms with Crippen molar-refractivity contribution in [1.29, 1.82) is 0 Å². The first-order chi connectivity index (χ1) is 5.68. The van der Waals surface area contributed by atoms with Crippen molar-refractivity contribution < 1.29 is 9.53 Å². The number of carbonyl (C=O) groups is 1. The predicted molar refractivity (Wildman–Crippen MR) is 44.6 cm³/mol. The maximum absolute atomic E-state index is 11.2. The first kappa shape index (κ1) is 8.05. The summed E-state index contributed by atoms with van der Waals surface area (Å²) in [6, 6.07) is -0.0151. The minimum absolute atomic E-state index is 0.0151. The van der Waals surface area contributed by atoms with E-state index >= 15 is 0 Å². The van der Waals surface area contributed by atoms with Crippen LogP contribution in [0.1, 0.15) is 19.8 Å². The highest BCUT2D eigenvalue weighted by Crippen LogP contribution is 2.51. The summed E-state index contributed by atoms with van der Waals surface area (Å²) >= 11 is 0. The smallest absolute Gasteiger partial charge is 0.323 e. The molecule has 3 nitrogen and oxygen atoms in total. The largest absolute Gasteiger partial charge is 0.468 e. The second-order valence-electron chi connectivity index (χ2n) is 4.21. The van der Waals surface area contributed by atoms with Crippen LogP contribution in [0, 0.1) is 11.3 Å². The van der Waals surface area contributed by atoms with Crippen LogP contribution in [-0.4, -0.2) is 25.7 Å². The quantitative estimate of drug-likeness (QED) is 0.582. The van der Waals surface area contributed by atoms with E-state index in [1.165, 1.54) is 20.0 Å². The Bertz CT molecular complexity index is 209. The first-order valence-corrected chi connectivity index (χ1v) is 4.49. The average molecular weight is 169 g/mol. The van der Waals surface area contributed by atoms with Crippen molar-refractivity contribution in [1.82, 2.24) is 5.32 Å². The van der Waals surface area contributed by atoms with E-state index in [9.17, 15) is 4.79 Å². The third-order valence-corrected chi connectivity index (χ3v) is 3.22. The lowest BCUT2D eigenvalue weighted by molar-refractivity contribution is -0.159. The molecule has 0 aromatic carbocycles. The monoisotopic (exact) mass is 169 g/mol. The molecule has 0 bridgehead atoms. The highest BCUT2D eigenvalue weighted by molar-refractivity contribution is 5.78. The molecule has 2 aliphatic rings. The Labute approximate surface area is 72.5 Å². The molecule has 3 heteroatoms. The second-order valence-corrected chi connectivity index (χ2v) is 4.21. The zero-order valence-corrected chi connectivity index (χ0v) is 7.59. The van der Waals surface area contributed by atoms with Crippen LogP contribution in [0.3, 0.4) is 0 Å². The maximum atomic E-state index is 11.2. The summed E-state index contributed by atoms with van der Waals surface area (Å²) in [5, 5.41) is 3.13. The van der Waals surface area contributed by atoms with E-state index in [1.807, 2.05) is 0 Å². The molecule has 1 saturated heterocycles. The lowest BCUT2D eigenvalue weighted by Gasteiger charge is -2.57. The lowest BCUT2D eigenvalue weighted by Crippen LogP contribution is -2.70. The van der Waals surface area contributed by atoms with Gasteiger partial charge in [-0.05, 0) is 18.8 Å². The molecular formula is C9H15NO2. The summed E-state index contributed by atoms with van der Waals surface area (Å²) < 4.78 is 4.72. The van der Waals surface area contributed by atoms with E-state index in [-0.39, 0.29) is 17.4 Å². The van der Waals surface area contributed by atoms with E-state index in [0.717, 1.165) is 12.5 Å². The van der Waals surface area contributed by atoms with Gasteiger partial charge >= 0.3 is 5.97 Å². The fraction of sp³-hybridized carbons (Fsp3) is 0.889. The van der Waals surface area contributed by atoms with Gasteiger partial charge < -0.3 is 10.1 Å². The molecular weight excluding hydrogens is 154 g/mol. The van der Waals surface area contributed by atoms with Crippen LogP contribution in [0.25, 0.3) is 0 Å². The SMILES string of the molecule is COC(=O)[C@H]1NCC12CC(C)C2. The summed E-state index contributed by atoms with van der Waals surface area (Å²) in [4.78, 5) is 11.2. The van der Waals surface area contributed by atoms with E-state index in [1.54, 1.807) is 0 Å². The van der Waals surface area contributed by atoms with Gasteiger partial charge in [-0.3, -0.25) is 4.79 Å². The zero-order chi connectivity index (χ0) is 8.77. The first-order valence-electron chi connectivity index (χ1n) is 4.49. The Morgan fingerprint density at radius 1 is 1.58 bits per heavy atom. The highest BCUT2D eigenvalue weighted by atomic mass is 16.5. The van der Waals surface area contributed by atoms with Gasteiger partial charge in [-0.15, -0.1) is 0 Å². The van der Waals surface area contributed by atoms with Crippen molar-refractivity contribution in [3.8, 4) is 0 Å². The van der Waals surface area contributed by atoms with Crippen molar-refractivity contribution in [2.45, 2.75) is 25.8 Å². The normalized spacial score (nSPS) is 44.8. The number of hydrogen-bond acceptors (Lipinski definition) is 3. The Morgan fingerprint density at radius 3 is 2.58 bits per heavy atom. The minimum atomic E-state index is -0.0897. The third-order valence-electron chi connectivity index (χ3n) is 3.22. The number of rotatable bonds is 1. The fourth-order valence-corrected chi connectivity index (χ4v) is 2.65. The molecule has 1 aliphatic carbocycles. The average Bonchev–Trinajstić information content (AvgIpc) is 1.95. The van der Waals surface area contributed by atoms with Gasteiger partial charge in [0.2, 0.25) is 0 Å². The number of ether oxygens (including phenoxy) is 1. The van der Waals surface area contributed by atoms with Gasteiger partial charge in [0.25, 0.3) is 0 Å². The molecule has 2 fully saturated rings. The number of esters is 1. The van der Waals surface area contributed by atoms with Crippen LogP contribution in [0.4, 0.5) is 0 Å². The number of methoxy groups -OCH3 is 1. The summed E-state index contributed by atoms with van der Waals surface area (Å²) in [6.45, 7) is 3.23. The second kappa shape index (κ2) is 2.46. The van der Waals surface area contributed by atoms with Gasteiger partial charge in [0.15, 0.2) is 0 Å². The number of carbonyl (C=O) groups excluding carboxylic acids is 1. The van der Waals surface area contributed by atoms with Crippen LogP contribution >= 0.6 is 0 Å². The van der Waals surface area contributed by atoms with Gasteiger partial charge in [-0.1, -0.05) is 6.92 Å². The summed E-state index contributed by atoms with van der Waals surface area (Å²) in [5.74, 6) is 0.701. The van der Waals surface area contributed by atoms with E-state index in [4.69, 9.17) is 4.74 Å². The molecule has 1 spiro atoms. The molecule has 68 valence electrons. The Hall–Kier alpha value is -0.570. The molecule has 1 N–H and O–H groups in total. The fourth-order valence-electron chi connectivity index (χ4n) is 2.65. The summed E-state index contributed by atoms with van der Waals surface area (Å²) in [7, 11) is 1.46. The standard InChI is InChI=1S/C9H15NO2/c1-6-3-9(4-6)5-10-7(9)8(11)12-2/h6-7,10H,3-5H2,1-2H3/t6?,7-,9?/m1/s1. The molecule has 0 aromatic rings. The summed E-state index contributed by atoms with van der Waals surface area (Å²) in [6.07, 6.45) is 2.36. The maximum Gasteiger partial charge on any atom is 0.323 e. The number of nitrogens with one attached hydrogen (secondary N) is 1. The molecule has 0 amide bonds. The van der Waals surface area contributed by atoms with Crippen molar-refractivity contribution in [2.75, 3.05) is 13.7 Å². The van der Waals surface area contributed by atoms with Gasteiger partial charge in [0.1, 0.15) is 6.04 Å². The van der Waals surface area contributed by atoms with Crippen LogP contribution in [0.5, 0.6) is 0 Å². The van der Waals surface area contributed by atoms with E-state index < -0.39 is 0 Å². The molecule has 0 unspecified atom stereocenters. The van der Waals surface area contributed by atoms with Crippen LogP contribution in [-0.2, 0) is 9.53 Å². The highest BCUT2D eigenvalue weighted by Gasteiger charge is 2.57. The third kappa shape index (κ3) is 0.891. The van der Waals surface area contributed by atoms with Gasteiger partial charge in [-0.25, -0.2) is 0 Å². The molecule has 0 radical (unpaired) electrons. The molecule has 1 atom stereocenters. The van der Waals surface area contributed by atoms with Crippen LogP contribution < -0.4 is 5.32 Å². The number of hydrogen-bond donors (Lipinski definition) is 1. The van der Waals surface area contributed by atoms with Gasteiger partial charge in [0.05, 0.1) is 7.11 Å². The van der Waals surface area contributed by atoms with Gasteiger partial charge in [-0.2, -0.15) is 0 Å². The molecule has 1 saturated carbocycles. The van der Waals surface area contributed by atoms with E-state index in [2.05, 4.69) is 12.2 Å². The van der Waals surface area contributed by atoms with Crippen molar-refractivity contribution in [3.63, 3.8) is 0 Å². The molecule has 2 rings (SSSR count).